The normalized spacial score (nSPS) is 16.5. The Bertz CT molecular complexity index is 1340. The molecule has 0 radical (unpaired) electrons. The molecular formula is C29H27NO7. The molecule has 0 aromatic heterocycles. The average molecular weight is 502 g/mol. The Hall–Kier alpha value is -4.59. The van der Waals surface area contributed by atoms with Crippen LogP contribution in [0.4, 0.5) is 5.69 Å². The first-order chi connectivity index (χ1) is 17.8. The first-order valence-electron chi connectivity index (χ1n) is 11.8. The second kappa shape index (κ2) is 11.0. The Balaban J connectivity index is 1.85. The van der Waals surface area contributed by atoms with Crippen LogP contribution in [0.25, 0.3) is 5.76 Å². The summed E-state index contributed by atoms with van der Waals surface area (Å²) in [7, 11) is 1.53. The minimum absolute atomic E-state index is 0.0614. The number of hydrogen-bond acceptors (Lipinski definition) is 7. The molecule has 1 amide bonds. The van der Waals surface area contributed by atoms with E-state index in [1.54, 1.807) is 72.8 Å². The van der Waals surface area contributed by atoms with Gasteiger partial charge in [0.05, 0.1) is 25.3 Å². The average Bonchev–Trinajstić information content (AvgIpc) is 3.17. The van der Waals surface area contributed by atoms with E-state index in [4.69, 9.17) is 14.2 Å². The molecule has 1 aliphatic heterocycles. The number of anilines is 1. The lowest BCUT2D eigenvalue weighted by Crippen LogP contribution is -2.29. The molecule has 1 aliphatic rings. The van der Waals surface area contributed by atoms with E-state index in [2.05, 4.69) is 0 Å². The minimum atomic E-state index is -0.931. The van der Waals surface area contributed by atoms with E-state index in [9.17, 15) is 19.5 Å². The Morgan fingerprint density at radius 2 is 1.62 bits per heavy atom. The lowest BCUT2D eigenvalue weighted by atomic mass is 9.95. The van der Waals surface area contributed by atoms with Gasteiger partial charge >= 0.3 is 5.97 Å². The van der Waals surface area contributed by atoms with Gasteiger partial charge in [-0.1, -0.05) is 31.2 Å². The van der Waals surface area contributed by atoms with Gasteiger partial charge in [-0.15, -0.1) is 0 Å². The summed E-state index contributed by atoms with van der Waals surface area (Å²) in [4.78, 5) is 39.3. The van der Waals surface area contributed by atoms with Crippen molar-refractivity contribution in [3.63, 3.8) is 0 Å². The molecule has 37 heavy (non-hydrogen) atoms. The van der Waals surface area contributed by atoms with E-state index in [0.29, 0.717) is 40.7 Å². The Morgan fingerprint density at radius 1 is 0.946 bits per heavy atom. The summed E-state index contributed by atoms with van der Waals surface area (Å²) in [6.45, 7) is 3.78. The summed E-state index contributed by atoms with van der Waals surface area (Å²) in [6, 6.07) is 19.0. The number of benzene rings is 3. The van der Waals surface area contributed by atoms with Crippen LogP contribution in [0.3, 0.4) is 0 Å². The van der Waals surface area contributed by atoms with E-state index >= 15 is 0 Å². The van der Waals surface area contributed by atoms with Crippen LogP contribution in [0.15, 0.2) is 78.4 Å². The fourth-order valence-corrected chi connectivity index (χ4v) is 4.15. The fraction of sp³-hybridized carbons (Fsp3) is 0.207. The monoisotopic (exact) mass is 501 g/mol. The topological polar surface area (TPSA) is 102 Å². The maximum absolute atomic E-state index is 13.3. The maximum Gasteiger partial charge on any atom is 0.308 e. The largest absolute Gasteiger partial charge is 0.507 e. The third-order valence-electron chi connectivity index (χ3n) is 5.83. The first kappa shape index (κ1) is 25.5. The summed E-state index contributed by atoms with van der Waals surface area (Å²) in [5, 5.41) is 11.3. The molecule has 0 bridgehead atoms. The SMILES string of the molecule is CCCOc1cccc(/C(O)=C2/C(=O)C(=O)N(c3ccc(OC)cc3)C2c2ccc(OC(C)=O)cc2)c1. The fourth-order valence-electron chi connectivity index (χ4n) is 4.15. The molecule has 8 heteroatoms. The molecule has 0 saturated carbocycles. The second-order valence-corrected chi connectivity index (χ2v) is 8.41. The maximum atomic E-state index is 13.3. The van der Waals surface area contributed by atoms with E-state index in [1.165, 1.54) is 18.9 Å². The molecular weight excluding hydrogens is 474 g/mol. The quantitative estimate of drug-likeness (QED) is 0.152. The number of amides is 1. The van der Waals surface area contributed by atoms with Gasteiger partial charge in [-0.25, -0.2) is 0 Å². The van der Waals surface area contributed by atoms with Crippen LogP contribution in [-0.4, -0.2) is 36.5 Å². The van der Waals surface area contributed by atoms with Gasteiger partial charge in [-0.2, -0.15) is 0 Å². The van der Waals surface area contributed by atoms with Gasteiger partial charge < -0.3 is 19.3 Å². The molecule has 1 atom stereocenters. The van der Waals surface area contributed by atoms with Gasteiger partial charge in [0.1, 0.15) is 23.0 Å². The third kappa shape index (κ3) is 5.33. The van der Waals surface area contributed by atoms with Crippen molar-refractivity contribution in [3.05, 3.63) is 89.5 Å². The lowest BCUT2D eigenvalue weighted by molar-refractivity contribution is -0.132. The summed E-state index contributed by atoms with van der Waals surface area (Å²) < 4.78 is 16.0. The number of aliphatic hydroxyl groups is 1. The van der Waals surface area contributed by atoms with Crippen LogP contribution in [-0.2, 0) is 14.4 Å². The van der Waals surface area contributed by atoms with Crippen LogP contribution in [0.2, 0.25) is 0 Å². The molecule has 8 nitrogen and oxygen atoms in total. The van der Waals surface area contributed by atoms with Gasteiger partial charge in [0.15, 0.2) is 0 Å². The summed E-state index contributed by atoms with van der Waals surface area (Å²) in [5.74, 6) is -0.934. The van der Waals surface area contributed by atoms with Crippen LogP contribution in [0.1, 0.15) is 37.4 Å². The number of carbonyl (C=O) groups is 3. The molecule has 1 saturated heterocycles. The molecule has 4 rings (SSSR count). The van der Waals surface area contributed by atoms with E-state index in [1.807, 2.05) is 6.92 Å². The van der Waals surface area contributed by atoms with E-state index in [0.717, 1.165) is 6.42 Å². The van der Waals surface area contributed by atoms with Crippen molar-refractivity contribution in [1.82, 2.24) is 0 Å². The van der Waals surface area contributed by atoms with Gasteiger partial charge in [-0.05, 0) is 60.5 Å². The number of methoxy groups -OCH3 is 1. The highest BCUT2D eigenvalue weighted by atomic mass is 16.5. The van der Waals surface area contributed by atoms with Crippen molar-refractivity contribution in [2.24, 2.45) is 0 Å². The number of Topliss-reactive ketones (excluding diaryl/α,β-unsaturated/α-hetero) is 1. The van der Waals surface area contributed by atoms with Crippen molar-refractivity contribution in [1.29, 1.82) is 0 Å². The van der Waals surface area contributed by atoms with Crippen molar-refractivity contribution in [2.75, 3.05) is 18.6 Å². The van der Waals surface area contributed by atoms with Crippen molar-refractivity contribution in [3.8, 4) is 17.2 Å². The third-order valence-corrected chi connectivity index (χ3v) is 5.83. The second-order valence-electron chi connectivity index (χ2n) is 8.41. The van der Waals surface area contributed by atoms with Crippen LogP contribution in [0.5, 0.6) is 17.2 Å². The zero-order valence-corrected chi connectivity index (χ0v) is 20.8. The van der Waals surface area contributed by atoms with Crippen LogP contribution >= 0.6 is 0 Å². The molecule has 1 N–H and O–H groups in total. The predicted octanol–water partition coefficient (Wildman–Crippen LogP) is 5.04. The lowest BCUT2D eigenvalue weighted by Gasteiger charge is -2.25. The number of aliphatic hydroxyl groups excluding tert-OH is 1. The zero-order chi connectivity index (χ0) is 26.5. The standard InChI is InChI=1S/C29H27NO7/c1-4-16-36-24-7-5-6-20(17-24)27(32)25-26(19-8-12-23(13-9-19)37-18(2)31)30(29(34)28(25)33)21-10-14-22(35-3)15-11-21/h5-15,17,26,32H,4,16H2,1-3H3/b27-25-. The molecule has 3 aromatic carbocycles. The van der Waals surface area contributed by atoms with Gasteiger partial charge in [-0.3, -0.25) is 19.3 Å². The Morgan fingerprint density at radius 3 is 2.24 bits per heavy atom. The summed E-state index contributed by atoms with van der Waals surface area (Å²) >= 11 is 0. The smallest absolute Gasteiger partial charge is 0.308 e. The molecule has 1 fully saturated rings. The van der Waals surface area contributed by atoms with Gasteiger partial charge in [0.25, 0.3) is 11.7 Å². The van der Waals surface area contributed by atoms with Crippen LogP contribution in [0, 0.1) is 0 Å². The number of ether oxygens (including phenoxy) is 3. The Kier molecular flexibility index (Phi) is 7.57. The molecule has 1 heterocycles. The number of carbonyl (C=O) groups excluding carboxylic acids is 3. The zero-order valence-electron chi connectivity index (χ0n) is 20.8. The van der Waals surface area contributed by atoms with E-state index < -0.39 is 23.7 Å². The predicted molar refractivity (Wildman–Crippen MR) is 138 cm³/mol. The molecule has 0 aliphatic carbocycles. The van der Waals surface area contributed by atoms with E-state index in [-0.39, 0.29) is 11.3 Å². The molecule has 1 unspecified atom stereocenters. The van der Waals surface area contributed by atoms with Gasteiger partial charge in [0, 0.05) is 18.2 Å². The van der Waals surface area contributed by atoms with Crippen LogP contribution < -0.4 is 19.1 Å². The molecule has 190 valence electrons. The number of hydrogen-bond donors (Lipinski definition) is 1. The number of nitrogens with zero attached hydrogens (tertiary/aromatic N) is 1. The summed E-state index contributed by atoms with van der Waals surface area (Å²) in [6.07, 6.45) is 0.812. The highest BCUT2D eigenvalue weighted by Gasteiger charge is 2.47. The molecule has 0 spiro atoms. The summed E-state index contributed by atoms with van der Waals surface area (Å²) in [5.41, 5.74) is 1.29. The number of esters is 1. The van der Waals surface area contributed by atoms with Crippen molar-refractivity contribution in [2.45, 2.75) is 26.3 Å². The van der Waals surface area contributed by atoms with Gasteiger partial charge in [0.2, 0.25) is 0 Å². The first-order valence-corrected chi connectivity index (χ1v) is 11.8. The molecule has 3 aromatic rings. The minimum Gasteiger partial charge on any atom is -0.507 e. The number of rotatable bonds is 8. The Labute approximate surface area is 214 Å². The number of ketones is 1. The highest BCUT2D eigenvalue weighted by molar-refractivity contribution is 6.51. The highest BCUT2D eigenvalue weighted by Crippen LogP contribution is 2.43. The van der Waals surface area contributed by atoms with Crippen molar-refractivity contribution >= 4 is 29.1 Å². The van der Waals surface area contributed by atoms with Crippen molar-refractivity contribution < 1.29 is 33.7 Å².